The Morgan fingerprint density at radius 1 is 1.03 bits per heavy atom. The van der Waals surface area contributed by atoms with Gasteiger partial charge < -0.3 is 19.4 Å². The summed E-state index contributed by atoms with van der Waals surface area (Å²) < 4.78 is 13.1. The van der Waals surface area contributed by atoms with Crippen LogP contribution >= 0.6 is 0 Å². The van der Waals surface area contributed by atoms with Gasteiger partial charge in [0.1, 0.15) is 12.4 Å². The van der Waals surface area contributed by atoms with Crippen LogP contribution in [0.25, 0.3) is 16.6 Å². The van der Waals surface area contributed by atoms with Gasteiger partial charge in [-0.05, 0) is 59.5 Å². The van der Waals surface area contributed by atoms with Gasteiger partial charge in [-0.3, -0.25) is 4.79 Å². The van der Waals surface area contributed by atoms with Crippen molar-refractivity contribution in [1.82, 2.24) is 14.9 Å². The minimum absolute atomic E-state index is 0.0712. The molecule has 2 heterocycles. The van der Waals surface area contributed by atoms with E-state index in [2.05, 4.69) is 35.4 Å². The van der Waals surface area contributed by atoms with Crippen LogP contribution in [0.4, 0.5) is 0 Å². The van der Waals surface area contributed by atoms with Crippen LogP contribution in [0.1, 0.15) is 70.0 Å². The van der Waals surface area contributed by atoms with Gasteiger partial charge in [0.25, 0.3) is 5.91 Å². The number of imidazole rings is 1. The number of unbranched alkanes of at least 4 members (excludes halogenated alkanes) is 3. The van der Waals surface area contributed by atoms with Crippen LogP contribution in [0.5, 0.6) is 5.75 Å². The standard InChI is InChI=1S/C32H33N3O4/c1-3-4-5-8-16-33-31(36)22-11-13-29-28(19-22)34-21-35(29)17-15-26-25-10-7-6-9-24(25)20-39-30-14-12-23(18-27(26)30)32(37)38-2/h6-7,9-15,18-19,21H,3-5,8,16-17,20H2,1-2H3,(H,33,36)/b26-15+. The third-order valence-corrected chi connectivity index (χ3v) is 7.07. The van der Waals surface area contributed by atoms with E-state index in [9.17, 15) is 9.59 Å². The molecule has 1 aromatic heterocycles. The largest absolute Gasteiger partial charge is 0.488 e. The molecule has 1 N–H and O–H groups in total. The molecule has 0 radical (unpaired) electrons. The molecule has 0 unspecified atom stereocenters. The summed E-state index contributed by atoms with van der Waals surface area (Å²) in [7, 11) is 1.38. The van der Waals surface area contributed by atoms with E-state index < -0.39 is 5.97 Å². The number of carbonyl (C=O) groups excluding carboxylic acids is 2. The van der Waals surface area contributed by atoms with Crippen LogP contribution in [0.3, 0.4) is 0 Å². The fourth-order valence-electron chi connectivity index (χ4n) is 4.94. The van der Waals surface area contributed by atoms with Crippen molar-refractivity contribution >= 4 is 28.5 Å². The minimum atomic E-state index is -0.393. The number of rotatable bonds is 9. The van der Waals surface area contributed by atoms with E-state index >= 15 is 0 Å². The zero-order valence-corrected chi connectivity index (χ0v) is 22.4. The van der Waals surface area contributed by atoms with E-state index in [0.29, 0.717) is 36.6 Å². The Hall–Kier alpha value is -4.39. The predicted octanol–water partition coefficient (Wildman–Crippen LogP) is 6.16. The zero-order chi connectivity index (χ0) is 27.2. The second-order valence-corrected chi connectivity index (χ2v) is 9.68. The summed E-state index contributed by atoms with van der Waals surface area (Å²) in [4.78, 5) is 29.5. The summed E-state index contributed by atoms with van der Waals surface area (Å²) in [5.74, 6) is 0.250. The maximum atomic E-state index is 12.6. The van der Waals surface area contributed by atoms with E-state index in [1.807, 2.05) is 47.0 Å². The summed E-state index contributed by atoms with van der Waals surface area (Å²) in [5, 5.41) is 3.01. The molecule has 5 rings (SSSR count). The summed E-state index contributed by atoms with van der Waals surface area (Å²) in [5.41, 5.74) is 6.73. The number of fused-ring (bicyclic) bond motifs is 3. The van der Waals surface area contributed by atoms with Crippen molar-refractivity contribution in [2.75, 3.05) is 13.7 Å². The molecule has 200 valence electrons. The molecule has 7 nitrogen and oxygen atoms in total. The molecule has 4 aromatic rings. The van der Waals surface area contributed by atoms with Crippen LogP contribution in [-0.2, 0) is 17.9 Å². The summed E-state index contributed by atoms with van der Waals surface area (Å²) >= 11 is 0. The number of hydrogen-bond donors (Lipinski definition) is 1. The number of methoxy groups -OCH3 is 1. The lowest BCUT2D eigenvalue weighted by Gasteiger charge is -2.12. The molecule has 0 fully saturated rings. The molecule has 0 bridgehead atoms. The first-order chi connectivity index (χ1) is 19.1. The fraction of sp³-hybridized carbons (Fsp3) is 0.281. The number of aromatic nitrogens is 2. The Morgan fingerprint density at radius 3 is 2.72 bits per heavy atom. The van der Waals surface area contributed by atoms with Crippen LogP contribution in [-0.4, -0.2) is 35.1 Å². The molecule has 1 aliphatic rings. The maximum Gasteiger partial charge on any atom is 0.337 e. The highest BCUT2D eigenvalue weighted by Crippen LogP contribution is 2.37. The second-order valence-electron chi connectivity index (χ2n) is 9.68. The zero-order valence-electron chi connectivity index (χ0n) is 22.4. The highest BCUT2D eigenvalue weighted by atomic mass is 16.5. The molecule has 0 saturated heterocycles. The van der Waals surface area contributed by atoms with Crippen LogP contribution < -0.4 is 10.1 Å². The SMILES string of the molecule is CCCCCCNC(=O)c1ccc2c(c1)ncn2C/C=C1\c2ccccc2COc2ccc(C(=O)OC)cc21. The molecule has 0 spiro atoms. The molecule has 3 aromatic carbocycles. The molecule has 7 heteroatoms. The van der Waals surface area contributed by atoms with Gasteiger partial charge in [-0.25, -0.2) is 9.78 Å². The van der Waals surface area contributed by atoms with E-state index in [-0.39, 0.29) is 5.91 Å². The van der Waals surface area contributed by atoms with Crippen molar-refractivity contribution in [3.63, 3.8) is 0 Å². The van der Waals surface area contributed by atoms with Gasteiger partial charge in [-0.15, -0.1) is 0 Å². The normalized spacial score (nSPS) is 13.3. The van der Waals surface area contributed by atoms with Crippen LogP contribution in [0, 0.1) is 0 Å². The first kappa shape index (κ1) is 26.2. The topological polar surface area (TPSA) is 82.5 Å². The van der Waals surface area contributed by atoms with Crippen molar-refractivity contribution in [3.8, 4) is 5.75 Å². The summed E-state index contributed by atoms with van der Waals surface area (Å²) in [6, 6.07) is 19.1. The number of ether oxygens (including phenoxy) is 2. The van der Waals surface area contributed by atoms with E-state index in [0.717, 1.165) is 46.1 Å². The van der Waals surface area contributed by atoms with Crippen molar-refractivity contribution < 1.29 is 19.1 Å². The van der Waals surface area contributed by atoms with Gasteiger partial charge in [0.05, 0.1) is 30.0 Å². The molecule has 39 heavy (non-hydrogen) atoms. The Kier molecular flexibility index (Phi) is 8.06. The number of allylic oxidation sites excluding steroid dienone is 1. The van der Waals surface area contributed by atoms with Gasteiger partial charge in [0.15, 0.2) is 0 Å². The van der Waals surface area contributed by atoms with Crippen LogP contribution in [0.15, 0.2) is 73.1 Å². The minimum Gasteiger partial charge on any atom is -0.488 e. The van der Waals surface area contributed by atoms with Crippen molar-refractivity contribution in [1.29, 1.82) is 0 Å². The summed E-state index contributed by atoms with van der Waals surface area (Å²) in [6.07, 6.45) is 8.40. The molecular weight excluding hydrogens is 490 g/mol. The first-order valence-corrected chi connectivity index (χ1v) is 13.5. The van der Waals surface area contributed by atoms with Gasteiger partial charge in [-0.1, -0.05) is 56.5 Å². The van der Waals surface area contributed by atoms with Crippen molar-refractivity contribution in [2.24, 2.45) is 0 Å². The number of carbonyl (C=O) groups is 2. The molecule has 1 amide bonds. The number of nitrogens with zero attached hydrogens (tertiary/aromatic N) is 2. The van der Waals surface area contributed by atoms with E-state index in [1.54, 1.807) is 12.4 Å². The number of benzene rings is 3. The molecular formula is C32H33N3O4. The smallest absolute Gasteiger partial charge is 0.337 e. The van der Waals surface area contributed by atoms with E-state index in [1.165, 1.54) is 20.0 Å². The Balaban J connectivity index is 1.43. The fourth-order valence-corrected chi connectivity index (χ4v) is 4.94. The third-order valence-electron chi connectivity index (χ3n) is 7.07. The molecule has 0 atom stereocenters. The van der Waals surface area contributed by atoms with E-state index in [4.69, 9.17) is 9.47 Å². The second kappa shape index (κ2) is 12.0. The number of nitrogens with one attached hydrogen (secondary N) is 1. The molecule has 0 saturated carbocycles. The van der Waals surface area contributed by atoms with Gasteiger partial charge in [0.2, 0.25) is 0 Å². The lowest BCUT2D eigenvalue weighted by atomic mass is 9.93. The average molecular weight is 524 g/mol. The number of hydrogen-bond acceptors (Lipinski definition) is 5. The first-order valence-electron chi connectivity index (χ1n) is 13.5. The quantitative estimate of drug-likeness (QED) is 0.210. The highest BCUT2D eigenvalue weighted by Gasteiger charge is 2.21. The predicted molar refractivity (Wildman–Crippen MR) is 152 cm³/mol. The Morgan fingerprint density at radius 2 is 1.87 bits per heavy atom. The number of esters is 1. The molecule has 0 aliphatic carbocycles. The van der Waals surface area contributed by atoms with Gasteiger partial charge in [-0.2, -0.15) is 0 Å². The lowest BCUT2D eigenvalue weighted by molar-refractivity contribution is 0.0600. The third kappa shape index (κ3) is 5.72. The summed E-state index contributed by atoms with van der Waals surface area (Å²) in [6.45, 7) is 3.84. The average Bonchev–Trinajstić information content (AvgIpc) is 3.31. The molecule has 1 aliphatic heterocycles. The Bertz CT molecular complexity index is 1540. The highest BCUT2D eigenvalue weighted by molar-refractivity contribution is 5.97. The van der Waals surface area contributed by atoms with Gasteiger partial charge in [0, 0.05) is 24.2 Å². The number of amides is 1. The Labute approximate surface area is 228 Å². The van der Waals surface area contributed by atoms with Crippen LogP contribution in [0.2, 0.25) is 0 Å². The maximum absolute atomic E-state index is 12.6. The lowest BCUT2D eigenvalue weighted by Crippen LogP contribution is -2.24. The van der Waals surface area contributed by atoms with Gasteiger partial charge >= 0.3 is 5.97 Å². The monoisotopic (exact) mass is 523 g/mol. The van der Waals surface area contributed by atoms with Crippen molar-refractivity contribution in [3.05, 3.63) is 101 Å². The van der Waals surface area contributed by atoms with Crippen molar-refractivity contribution in [2.45, 2.75) is 45.8 Å².